The van der Waals surface area contributed by atoms with E-state index in [4.69, 9.17) is 4.74 Å². The van der Waals surface area contributed by atoms with Crippen LogP contribution in [-0.4, -0.2) is 17.5 Å². The van der Waals surface area contributed by atoms with E-state index in [-0.39, 0.29) is 5.82 Å². The van der Waals surface area contributed by atoms with Crippen LogP contribution in [-0.2, 0) is 23.9 Å². The summed E-state index contributed by atoms with van der Waals surface area (Å²) in [6.07, 6.45) is -3.80. The number of carbonyl (C=O) groups is 1. The Balaban J connectivity index is 1.78. The maximum Gasteiger partial charge on any atom is 0.433 e. The van der Waals surface area contributed by atoms with Crippen molar-refractivity contribution in [2.24, 2.45) is 0 Å². The van der Waals surface area contributed by atoms with Crippen LogP contribution in [0.1, 0.15) is 25.8 Å². The zero-order chi connectivity index (χ0) is 15.7. The topological polar surface area (TPSA) is 51.2 Å². The fourth-order valence-corrected chi connectivity index (χ4v) is 3.14. The minimum atomic E-state index is -4.54. The number of hydrogen-bond donors (Lipinski definition) is 1. The molecule has 22 heavy (non-hydrogen) atoms. The lowest BCUT2D eigenvalue weighted by atomic mass is 10.2. The summed E-state index contributed by atoms with van der Waals surface area (Å²) in [5, 5.41) is 2.40. The van der Waals surface area contributed by atoms with Crippen LogP contribution in [0.3, 0.4) is 0 Å². The minimum absolute atomic E-state index is 0.123. The van der Waals surface area contributed by atoms with E-state index in [1.54, 1.807) is 6.07 Å². The van der Waals surface area contributed by atoms with E-state index in [1.807, 2.05) is 0 Å². The molecule has 0 saturated carbocycles. The molecule has 2 aromatic heterocycles. The number of fused-ring (bicyclic) bond motifs is 1. The molecule has 116 valence electrons. The molecule has 3 rings (SSSR count). The number of amides is 1. The third kappa shape index (κ3) is 3.12. The van der Waals surface area contributed by atoms with E-state index in [2.05, 4.69) is 10.3 Å². The van der Waals surface area contributed by atoms with Gasteiger partial charge in [0.1, 0.15) is 11.5 Å². The van der Waals surface area contributed by atoms with Gasteiger partial charge in [-0.1, -0.05) is 6.07 Å². The molecule has 1 amide bonds. The second kappa shape index (κ2) is 5.69. The molecular weight excluding hydrogens is 317 g/mol. The van der Waals surface area contributed by atoms with Gasteiger partial charge in [-0.25, -0.2) is 4.98 Å². The molecule has 1 N–H and O–H groups in total. The normalized spacial score (nSPS) is 14.5. The fraction of sp³-hybridized carbons (Fsp3) is 0.286. The monoisotopic (exact) mass is 328 g/mol. The first-order valence-corrected chi connectivity index (χ1v) is 7.30. The summed E-state index contributed by atoms with van der Waals surface area (Å²) in [5.41, 5.74) is -0.0809. The second-order valence-corrected chi connectivity index (χ2v) is 5.86. The summed E-state index contributed by atoms with van der Waals surface area (Å²) in [4.78, 5) is 17.1. The SMILES string of the molecule is O=C(Nc1cccc(C(F)(F)F)n1)c1cc2c(s1)CCOC2. The molecule has 0 aliphatic carbocycles. The highest BCUT2D eigenvalue weighted by atomic mass is 32.1. The first-order valence-electron chi connectivity index (χ1n) is 6.48. The van der Waals surface area contributed by atoms with Crippen molar-refractivity contribution in [2.75, 3.05) is 11.9 Å². The zero-order valence-electron chi connectivity index (χ0n) is 11.2. The van der Waals surface area contributed by atoms with E-state index in [0.29, 0.717) is 18.1 Å². The number of halogens is 3. The second-order valence-electron chi connectivity index (χ2n) is 4.72. The Kier molecular flexibility index (Phi) is 3.88. The lowest BCUT2D eigenvalue weighted by molar-refractivity contribution is -0.141. The predicted octanol–water partition coefficient (Wildman–Crippen LogP) is 3.49. The first-order chi connectivity index (χ1) is 10.4. The van der Waals surface area contributed by atoms with Crippen LogP contribution in [0.2, 0.25) is 0 Å². The smallest absolute Gasteiger partial charge is 0.376 e. The largest absolute Gasteiger partial charge is 0.433 e. The van der Waals surface area contributed by atoms with Gasteiger partial charge in [0.05, 0.1) is 18.1 Å². The van der Waals surface area contributed by atoms with Crippen molar-refractivity contribution in [3.63, 3.8) is 0 Å². The van der Waals surface area contributed by atoms with E-state index in [0.717, 1.165) is 22.9 Å². The Hall–Kier alpha value is -1.93. The number of aromatic nitrogens is 1. The maximum atomic E-state index is 12.6. The third-order valence-corrected chi connectivity index (χ3v) is 4.37. The van der Waals surface area contributed by atoms with Crippen LogP contribution in [0, 0.1) is 0 Å². The molecule has 0 fully saturated rings. The average Bonchev–Trinajstić information content (AvgIpc) is 2.90. The number of alkyl halides is 3. The molecule has 0 unspecified atom stereocenters. The Morgan fingerprint density at radius 3 is 2.91 bits per heavy atom. The summed E-state index contributed by atoms with van der Waals surface area (Å²) in [6, 6.07) is 5.10. The fourth-order valence-electron chi connectivity index (χ4n) is 2.10. The van der Waals surface area contributed by atoms with Crippen LogP contribution in [0.5, 0.6) is 0 Å². The number of thiophene rings is 1. The number of pyridine rings is 1. The molecule has 4 nitrogen and oxygen atoms in total. The summed E-state index contributed by atoms with van der Waals surface area (Å²) < 4.78 is 43.1. The van der Waals surface area contributed by atoms with Gasteiger partial charge in [-0.2, -0.15) is 13.2 Å². The van der Waals surface area contributed by atoms with Crippen LogP contribution >= 0.6 is 11.3 Å². The molecule has 2 aromatic rings. The van der Waals surface area contributed by atoms with E-state index in [1.165, 1.54) is 23.5 Å². The lowest BCUT2D eigenvalue weighted by Gasteiger charge is -2.10. The highest BCUT2D eigenvalue weighted by molar-refractivity contribution is 7.14. The molecule has 8 heteroatoms. The lowest BCUT2D eigenvalue weighted by Crippen LogP contribution is -2.14. The van der Waals surface area contributed by atoms with E-state index < -0.39 is 17.8 Å². The van der Waals surface area contributed by atoms with Crippen LogP contribution in [0.25, 0.3) is 0 Å². The Morgan fingerprint density at radius 2 is 2.18 bits per heavy atom. The molecule has 0 spiro atoms. The maximum absolute atomic E-state index is 12.6. The predicted molar refractivity (Wildman–Crippen MR) is 74.9 cm³/mol. The van der Waals surface area contributed by atoms with Gasteiger partial charge in [0.25, 0.3) is 5.91 Å². The molecule has 0 atom stereocenters. The van der Waals surface area contributed by atoms with Gasteiger partial charge < -0.3 is 10.1 Å². The summed E-state index contributed by atoms with van der Waals surface area (Å²) >= 11 is 1.33. The average molecular weight is 328 g/mol. The van der Waals surface area contributed by atoms with Crippen molar-refractivity contribution >= 4 is 23.1 Å². The molecule has 1 aliphatic rings. The van der Waals surface area contributed by atoms with Gasteiger partial charge in [0, 0.05) is 11.3 Å². The van der Waals surface area contributed by atoms with Crippen LogP contribution < -0.4 is 5.32 Å². The first kappa shape index (κ1) is 15.0. The molecule has 0 saturated heterocycles. The third-order valence-electron chi connectivity index (χ3n) is 3.13. The zero-order valence-corrected chi connectivity index (χ0v) is 12.1. The van der Waals surface area contributed by atoms with E-state index in [9.17, 15) is 18.0 Å². The molecule has 0 radical (unpaired) electrons. The highest BCUT2D eigenvalue weighted by Gasteiger charge is 2.32. The Bertz CT molecular complexity index is 689. The van der Waals surface area contributed by atoms with Gasteiger partial charge in [0.15, 0.2) is 0 Å². The van der Waals surface area contributed by atoms with Crippen molar-refractivity contribution < 1.29 is 22.7 Å². The highest BCUT2D eigenvalue weighted by Crippen LogP contribution is 2.29. The van der Waals surface area contributed by atoms with Gasteiger partial charge >= 0.3 is 6.18 Å². The molecule has 3 heterocycles. The van der Waals surface area contributed by atoms with Gasteiger partial charge in [-0.3, -0.25) is 4.79 Å². The quantitative estimate of drug-likeness (QED) is 0.918. The minimum Gasteiger partial charge on any atom is -0.376 e. The Morgan fingerprint density at radius 1 is 1.36 bits per heavy atom. The van der Waals surface area contributed by atoms with E-state index >= 15 is 0 Å². The summed E-state index contributed by atoms with van der Waals surface area (Å²) in [6.45, 7) is 1.07. The molecule has 0 bridgehead atoms. The standard InChI is InChI=1S/C14H11F3N2O2S/c15-14(16,17)11-2-1-3-12(18-11)19-13(20)10-6-8-7-21-5-4-9(8)22-10/h1-3,6H,4-5,7H2,(H,18,19,20). The molecule has 0 aromatic carbocycles. The number of nitrogens with one attached hydrogen (secondary N) is 1. The number of anilines is 1. The van der Waals surface area contributed by atoms with Crippen LogP contribution in [0.4, 0.5) is 19.0 Å². The van der Waals surface area contributed by atoms with Crippen LogP contribution in [0.15, 0.2) is 24.3 Å². The number of carbonyl (C=O) groups excluding carboxylic acids is 1. The number of rotatable bonds is 2. The molecule has 1 aliphatic heterocycles. The van der Waals surface area contributed by atoms with Crippen molar-refractivity contribution in [1.29, 1.82) is 0 Å². The van der Waals surface area contributed by atoms with Gasteiger partial charge in [-0.05, 0) is 23.8 Å². The summed E-state index contributed by atoms with van der Waals surface area (Å²) in [7, 11) is 0. The number of ether oxygens (including phenoxy) is 1. The number of hydrogen-bond acceptors (Lipinski definition) is 4. The Labute approximate surface area is 127 Å². The summed E-state index contributed by atoms with van der Waals surface area (Å²) in [5.74, 6) is -0.589. The number of nitrogens with zero attached hydrogens (tertiary/aromatic N) is 1. The van der Waals surface area contributed by atoms with Gasteiger partial charge in [-0.15, -0.1) is 11.3 Å². The van der Waals surface area contributed by atoms with Crippen molar-refractivity contribution in [3.05, 3.63) is 45.3 Å². The van der Waals surface area contributed by atoms with Crippen molar-refractivity contribution in [3.8, 4) is 0 Å². The molecular formula is C14H11F3N2O2S. The van der Waals surface area contributed by atoms with Crippen molar-refractivity contribution in [1.82, 2.24) is 4.98 Å². The van der Waals surface area contributed by atoms with Gasteiger partial charge in [0.2, 0.25) is 0 Å². The van der Waals surface area contributed by atoms with Crippen molar-refractivity contribution in [2.45, 2.75) is 19.2 Å².